The molecule has 2 atom stereocenters. The zero-order valence-electron chi connectivity index (χ0n) is 14.3. The average Bonchev–Trinajstić information content (AvgIpc) is 3.31. The maximum Gasteiger partial charge on any atom is 0.245 e. The number of methoxy groups -OCH3 is 2. The summed E-state index contributed by atoms with van der Waals surface area (Å²) in [5.74, 6) is 1.66. The summed E-state index contributed by atoms with van der Waals surface area (Å²) in [6.45, 7) is 2.66. The fourth-order valence-electron chi connectivity index (χ4n) is 3.32. The third-order valence-corrected chi connectivity index (χ3v) is 4.66. The largest absolute Gasteiger partial charge is 0.497 e. The first kappa shape index (κ1) is 16.4. The lowest BCUT2D eigenvalue weighted by molar-refractivity contribution is -0.135. The van der Waals surface area contributed by atoms with Crippen molar-refractivity contribution in [1.29, 1.82) is 0 Å². The summed E-state index contributed by atoms with van der Waals surface area (Å²) in [6.07, 6.45) is 7.09. The molecule has 128 valence electrons. The highest BCUT2D eigenvalue weighted by Gasteiger charge is 2.34. The van der Waals surface area contributed by atoms with Crippen LogP contribution in [0.1, 0.15) is 37.4 Å². The summed E-state index contributed by atoms with van der Waals surface area (Å²) in [5.41, 5.74) is 1.00. The number of carbonyl (C=O) groups is 1. The van der Waals surface area contributed by atoms with Crippen LogP contribution >= 0.6 is 0 Å². The van der Waals surface area contributed by atoms with Gasteiger partial charge in [-0.2, -0.15) is 0 Å². The Morgan fingerprint density at radius 1 is 1.33 bits per heavy atom. The van der Waals surface area contributed by atoms with Gasteiger partial charge < -0.3 is 18.9 Å². The van der Waals surface area contributed by atoms with Crippen molar-refractivity contribution in [2.45, 2.75) is 31.8 Å². The summed E-state index contributed by atoms with van der Waals surface area (Å²) in [4.78, 5) is 19.0. The molecule has 0 radical (unpaired) electrons. The number of nitrogens with zero attached hydrogens (tertiary/aromatic N) is 3. The van der Waals surface area contributed by atoms with Gasteiger partial charge in [-0.25, -0.2) is 4.98 Å². The van der Waals surface area contributed by atoms with Crippen LogP contribution in [0.25, 0.3) is 0 Å². The van der Waals surface area contributed by atoms with Crippen molar-refractivity contribution in [2.75, 3.05) is 20.8 Å². The Labute approximate surface area is 142 Å². The third-order valence-electron chi connectivity index (χ3n) is 4.66. The molecule has 0 aliphatic carbocycles. The molecule has 2 heterocycles. The van der Waals surface area contributed by atoms with E-state index in [0.717, 1.165) is 36.4 Å². The summed E-state index contributed by atoms with van der Waals surface area (Å²) in [6, 6.07) is 5.47. The number of amides is 1. The van der Waals surface area contributed by atoms with Crippen molar-refractivity contribution in [3.8, 4) is 11.5 Å². The summed E-state index contributed by atoms with van der Waals surface area (Å²) >= 11 is 0. The molecule has 1 aromatic heterocycles. The van der Waals surface area contributed by atoms with E-state index in [2.05, 4.69) is 4.98 Å². The zero-order chi connectivity index (χ0) is 17.1. The smallest absolute Gasteiger partial charge is 0.245 e. The van der Waals surface area contributed by atoms with Gasteiger partial charge in [-0.05, 0) is 38.0 Å². The average molecular weight is 329 g/mol. The molecule has 1 aliphatic rings. The van der Waals surface area contributed by atoms with E-state index in [9.17, 15) is 4.79 Å². The molecule has 6 nitrogen and oxygen atoms in total. The summed E-state index contributed by atoms with van der Waals surface area (Å²) in [7, 11) is 3.30. The number of likely N-dealkylation sites (tertiary alicyclic amines) is 1. The standard InChI is InChI=1S/C18H23N3O3/c1-13(20-10-8-19-12-20)18(22)21-9-4-5-16(21)15-11-14(23-2)6-7-17(15)24-3/h6-8,10-13,16H,4-5,9H2,1-3H3/t13-,16+/m0/s1. The molecule has 0 unspecified atom stereocenters. The predicted octanol–water partition coefficient (Wildman–Crippen LogP) is 2.83. The number of aromatic nitrogens is 2. The molecular formula is C18H23N3O3. The second-order valence-electron chi connectivity index (χ2n) is 5.98. The van der Waals surface area contributed by atoms with Crippen LogP contribution in [0.5, 0.6) is 11.5 Å². The Morgan fingerprint density at radius 3 is 2.83 bits per heavy atom. The quantitative estimate of drug-likeness (QED) is 0.846. The lowest BCUT2D eigenvalue weighted by atomic mass is 10.0. The van der Waals surface area contributed by atoms with Gasteiger partial charge in [0.15, 0.2) is 0 Å². The first-order valence-corrected chi connectivity index (χ1v) is 8.15. The second kappa shape index (κ2) is 6.95. The monoisotopic (exact) mass is 329 g/mol. The van der Waals surface area contributed by atoms with Gasteiger partial charge in [0.1, 0.15) is 17.5 Å². The maximum atomic E-state index is 13.0. The van der Waals surface area contributed by atoms with E-state index < -0.39 is 0 Å². The number of imidazole rings is 1. The van der Waals surface area contributed by atoms with Crippen LogP contribution in [0, 0.1) is 0 Å². The maximum absolute atomic E-state index is 13.0. The van der Waals surface area contributed by atoms with Gasteiger partial charge in [0.25, 0.3) is 0 Å². The Hall–Kier alpha value is -2.50. The number of benzene rings is 1. The molecule has 1 amide bonds. The molecular weight excluding hydrogens is 306 g/mol. The van der Waals surface area contributed by atoms with Gasteiger partial charge in [0.2, 0.25) is 5.91 Å². The minimum atomic E-state index is -0.273. The first-order valence-electron chi connectivity index (χ1n) is 8.15. The van der Waals surface area contributed by atoms with E-state index in [1.165, 1.54) is 0 Å². The van der Waals surface area contributed by atoms with E-state index in [1.807, 2.05) is 40.8 Å². The normalized spacial score (nSPS) is 18.5. The van der Waals surface area contributed by atoms with E-state index in [-0.39, 0.29) is 18.0 Å². The molecule has 1 fully saturated rings. The van der Waals surface area contributed by atoms with E-state index >= 15 is 0 Å². The number of hydrogen-bond acceptors (Lipinski definition) is 4. The highest BCUT2D eigenvalue weighted by atomic mass is 16.5. The van der Waals surface area contributed by atoms with Gasteiger partial charge in [-0.3, -0.25) is 4.79 Å². The van der Waals surface area contributed by atoms with Crippen molar-refractivity contribution in [1.82, 2.24) is 14.5 Å². The van der Waals surface area contributed by atoms with Gasteiger partial charge in [0, 0.05) is 24.5 Å². The minimum absolute atomic E-state index is 0.00789. The highest BCUT2D eigenvalue weighted by molar-refractivity contribution is 5.81. The number of hydrogen-bond donors (Lipinski definition) is 0. The SMILES string of the molecule is COc1ccc(OC)c([C@H]2CCCN2C(=O)[C@H](C)n2ccnc2)c1. The van der Waals surface area contributed by atoms with Crippen molar-refractivity contribution in [2.24, 2.45) is 0 Å². The van der Waals surface area contributed by atoms with Crippen molar-refractivity contribution < 1.29 is 14.3 Å². The lowest BCUT2D eigenvalue weighted by Gasteiger charge is -2.29. The lowest BCUT2D eigenvalue weighted by Crippen LogP contribution is -2.35. The van der Waals surface area contributed by atoms with Crippen LogP contribution in [0.3, 0.4) is 0 Å². The molecule has 0 N–H and O–H groups in total. The van der Waals surface area contributed by atoms with Crippen LogP contribution in [-0.2, 0) is 4.79 Å². The second-order valence-corrected chi connectivity index (χ2v) is 5.98. The fraction of sp³-hybridized carbons (Fsp3) is 0.444. The Bertz CT molecular complexity index is 700. The van der Waals surface area contributed by atoms with Gasteiger partial charge in [-0.15, -0.1) is 0 Å². The fourth-order valence-corrected chi connectivity index (χ4v) is 3.32. The highest BCUT2D eigenvalue weighted by Crippen LogP contribution is 2.39. The number of rotatable bonds is 5. The molecule has 1 aliphatic heterocycles. The summed E-state index contributed by atoms with van der Waals surface area (Å²) in [5, 5.41) is 0. The van der Waals surface area contributed by atoms with Crippen LogP contribution < -0.4 is 9.47 Å². The van der Waals surface area contributed by atoms with Gasteiger partial charge in [0.05, 0.1) is 26.6 Å². The molecule has 6 heteroatoms. The van der Waals surface area contributed by atoms with Gasteiger partial charge in [-0.1, -0.05) is 0 Å². The molecule has 1 saturated heterocycles. The van der Waals surface area contributed by atoms with Crippen LogP contribution in [0.4, 0.5) is 0 Å². The molecule has 1 aromatic carbocycles. The van der Waals surface area contributed by atoms with Crippen LogP contribution in [0.2, 0.25) is 0 Å². The zero-order valence-corrected chi connectivity index (χ0v) is 14.3. The van der Waals surface area contributed by atoms with E-state index in [1.54, 1.807) is 26.7 Å². The molecule has 24 heavy (non-hydrogen) atoms. The van der Waals surface area contributed by atoms with Crippen molar-refractivity contribution in [3.05, 3.63) is 42.5 Å². The number of ether oxygens (including phenoxy) is 2. The van der Waals surface area contributed by atoms with E-state index in [4.69, 9.17) is 9.47 Å². The summed E-state index contributed by atoms with van der Waals surface area (Å²) < 4.78 is 12.7. The Balaban J connectivity index is 1.89. The van der Waals surface area contributed by atoms with Crippen LogP contribution in [0.15, 0.2) is 36.9 Å². The topological polar surface area (TPSA) is 56.6 Å². The molecule has 0 bridgehead atoms. The molecule has 3 rings (SSSR count). The molecule has 0 spiro atoms. The van der Waals surface area contributed by atoms with Crippen molar-refractivity contribution >= 4 is 5.91 Å². The van der Waals surface area contributed by atoms with Gasteiger partial charge >= 0.3 is 0 Å². The first-order chi connectivity index (χ1) is 11.7. The third kappa shape index (κ3) is 2.96. The molecule has 2 aromatic rings. The Morgan fingerprint density at radius 2 is 2.17 bits per heavy atom. The number of carbonyl (C=O) groups excluding carboxylic acids is 1. The van der Waals surface area contributed by atoms with E-state index in [0.29, 0.717) is 0 Å². The van der Waals surface area contributed by atoms with Crippen molar-refractivity contribution in [3.63, 3.8) is 0 Å². The van der Waals surface area contributed by atoms with Crippen LogP contribution in [-0.4, -0.2) is 41.1 Å². The minimum Gasteiger partial charge on any atom is -0.497 e. The predicted molar refractivity (Wildman–Crippen MR) is 90.2 cm³/mol. The molecule has 0 saturated carbocycles. The Kier molecular flexibility index (Phi) is 4.74.